The van der Waals surface area contributed by atoms with E-state index in [1.54, 1.807) is 0 Å². The van der Waals surface area contributed by atoms with Crippen LogP contribution in [0.1, 0.15) is 16.2 Å². The predicted molar refractivity (Wildman–Crippen MR) is 48.7 cm³/mol. The van der Waals surface area contributed by atoms with E-state index in [1.165, 1.54) is 14.0 Å². The second-order valence-electron chi connectivity index (χ2n) is 3.04. The standard InChI is InChI=1S/C8H7N3O4/c1-3-4-5(10-15-3)7(12)11(2)9-6(4)8(13)14/h1-2H3,(H,13,14). The van der Waals surface area contributed by atoms with Gasteiger partial charge in [-0.05, 0) is 6.92 Å². The molecule has 0 unspecified atom stereocenters. The third kappa shape index (κ3) is 1.20. The molecule has 0 amide bonds. The summed E-state index contributed by atoms with van der Waals surface area (Å²) < 4.78 is 5.70. The molecule has 7 nitrogen and oxygen atoms in total. The third-order valence-corrected chi connectivity index (χ3v) is 2.05. The summed E-state index contributed by atoms with van der Waals surface area (Å²) >= 11 is 0. The number of carboxylic acids is 1. The van der Waals surface area contributed by atoms with Crippen molar-refractivity contribution in [3.8, 4) is 0 Å². The van der Waals surface area contributed by atoms with Crippen LogP contribution in [0.4, 0.5) is 0 Å². The summed E-state index contributed by atoms with van der Waals surface area (Å²) in [6.45, 7) is 1.53. The van der Waals surface area contributed by atoms with E-state index in [0.29, 0.717) is 0 Å². The van der Waals surface area contributed by atoms with Gasteiger partial charge in [0.2, 0.25) is 0 Å². The highest BCUT2D eigenvalue weighted by atomic mass is 16.5. The van der Waals surface area contributed by atoms with E-state index in [1.807, 2.05) is 0 Å². The fourth-order valence-electron chi connectivity index (χ4n) is 1.35. The topological polar surface area (TPSA) is 98.2 Å². The van der Waals surface area contributed by atoms with Crippen molar-refractivity contribution in [1.29, 1.82) is 0 Å². The molecular weight excluding hydrogens is 202 g/mol. The lowest BCUT2D eigenvalue weighted by Gasteiger charge is -1.99. The molecule has 0 saturated heterocycles. The van der Waals surface area contributed by atoms with Crippen molar-refractivity contribution >= 4 is 16.9 Å². The molecule has 0 atom stereocenters. The Hall–Kier alpha value is -2.18. The zero-order valence-electron chi connectivity index (χ0n) is 8.01. The molecule has 78 valence electrons. The molecule has 1 N–H and O–H groups in total. The Bertz CT molecular complexity index is 610. The average molecular weight is 209 g/mol. The Kier molecular flexibility index (Phi) is 1.82. The van der Waals surface area contributed by atoms with Crippen LogP contribution in [0.5, 0.6) is 0 Å². The van der Waals surface area contributed by atoms with E-state index < -0.39 is 11.5 Å². The molecule has 0 fully saturated rings. The first-order chi connectivity index (χ1) is 7.02. The number of aromatic carboxylic acids is 1. The van der Waals surface area contributed by atoms with Crippen molar-refractivity contribution in [3.63, 3.8) is 0 Å². The number of carboxylic acid groups (broad SMARTS) is 1. The lowest BCUT2D eigenvalue weighted by atomic mass is 10.2. The number of aromatic nitrogens is 3. The Morgan fingerprint density at radius 2 is 2.20 bits per heavy atom. The fourth-order valence-corrected chi connectivity index (χ4v) is 1.35. The zero-order valence-corrected chi connectivity index (χ0v) is 8.01. The Morgan fingerprint density at radius 1 is 1.53 bits per heavy atom. The van der Waals surface area contributed by atoms with Gasteiger partial charge < -0.3 is 9.63 Å². The number of hydrogen-bond acceptors (Lipinski definition) is 5. The van der Waals surface area contributed by atoms with Crippen molar-refractivity contribution in [3.05, 3.63) is 21.8 Å². The fraction of sp³-hybridized carbons (Fsp3) is 0.250. The van der Waals surface area contributed by atoms with Crippen molar-refractivity contribution in [2.75, 3.05) is 0 Å². The predicted octanol–water partition coefficient (Wildman–Crippen LogP) is -0.0719. The minimum absolute atomic E-state index is 0.0117. The van der Waals surface area contributed by atoms with Gasteiger partial charge in [0.1, 0.15) is 5.76 Å². The van der Waals surface area contributed by atoms with Gasteiger partial charge in [0.05, 0.1) is 5.39 Å². The van der Waals surface area contributed by atoms with Crippen molar-refractivity contribution in [1.82, 2.24) is 14.9 Å². The third-order valence-electron chi connectivity index (χ3n) is 2.05. The SMILES string of the molecule is Cc1onc2c(=O)n(C)nc(C(=O)O)c12. The van der Waals surface area contributed by atoms with Crippen LogP contribution in [0.25, 0.3) is 10.9 Å². The van der Waals surface area contributed by atoms with Gasteiger partial charge in [-0.3, -0.25) is 4.79 Å². The first kappa shape index (κ1) is 9.38. The van der Waals surface area contributed by atoms with Gasteiger partial charge in [0, 0.05) is 7.05 Å². The quantitative estimate of drug-likeness (QED) is 0.705. The van der Waals surface area contributed by atoms with Gasteiger partial charge in [-0.15, -0.1) is 0 Å². The molecule has 0 aliphatic heterocycles. The molecule has 2 rings (SSSR count). The van der Waals surface area contributed by atoms with Crippen LogP contribution in [0.2, 0.25) is 0 Å². The molecular formula is C8H7N3O4. The molecule has 0 bridgehead atoms. The summed E-state index contributed by atoms with van der Waals surface area (Å²) in [5.74, 6) is -0.950. The van der Waals surface area contributed by atoms with Crippen LogP contribution >= 0.6 is 0 Å². The van der Waals surface area contributed by atoms with Gasteiger partial charge in [0.25, 0.3) is 5.56 Å². The van der Waals surface area contributed by atoms with Crippen LogP contribution in [0.15, 0.2) is 9.32 Å². The average Bonchev–Trinajstić information content (AvgIpc) is 2.54. The van der Waals surface area contributed by atoms with Crippen LogP contribution in [0.3, 0.4) is 0 Å². The molecule has 2 aromatic rings. The zero-order chi connectivity index (χ0) is 11.2. The van der Waals surface area contributed by atoms with Crippen LogP contribution < -0.4 is 5.56 Å². The Balaban J connectivity index is 3.04. The Labute approximate surface area is 82.9 Å². The molecule has 2 aromatic heterocycles. The highest BCUT2D eigenvalue weighted by molar-refractivity contribution is 6.00. The summed E-state index contributed by atoms with van der Waals surface area (Å²) in [7, 11) is 1.36. The molecule has 0 aliphatic carbocycles. The van der Waals surface area contributed by atoms with Gasteiger partial charge in [-0.1, -0.05) is 5.16 Å². The maximum Gasteiger partial charge on any atom is 0.357 e. The van der Waals surface area contributed by atoms with Crippen molar-refractivity contribution in [2.24, 2.45) is 7.05 Å². The molecule has 15 heavy (non-hydrogen) atoms. The summed E-state index contributed by atoms with van der Waals surface area (Å²) in [6.07, 6.45) is 0. The van der Waals surface area contributed by atoms with E-state index in [-0.39, 0.29) is 22.4 Å². The maximum atomic E-state index is 11.5. The lowest BCUT2D eigenvalue weighted by Crippen LogP contribution is -2.23. The van der Waals surface area contributed by atoms with E-state index in [4.69, 9.17) is 9.63 Å². The highest BCUT2D eigenvalue weighted by Crippen LogP contribution is 2.16. The molecule has 0 aliphatic rings. The van der Waals surface area contributed by atoms with E-state index >= 15 is 0 Å². The molecule has 0 saturated carbocycles. The van der Waals surface area contributed by atoms with Crippen LogP contribution in [-0.2, 0) is 7.05 Å². The van der Waals surface area contributed by atoms with Gasteiger partial charge in [0.15, 0.2) is 11.2 Å². The summed E-state index contributed by atoms with van der Waals surface area (Å²) in [6, 6.07) is 0. The van der Waals surface area contributed by atoms with Crippen LogP contribution in [-0.4, -0.2) is 26.0 Å². The van der Waals surface area contributed by atoms with E-state index in [9.17, 15) is 9.59 Å². The number of hydrogen-bond donors (Lipinski definition) is 1. The number of nitrogens with zero attached hydrogens (tertiary/aromatic N) is 3. The number of rotatable bonds is 1. The smallest absolute Gasteiger partial charge is 0.357 e. The van der Waals surface area contributed by atoms with Crippen molar-refractivity contribution in [2.45, 2.75) is 6.92 Å². The van der Waals surface area contributed by atoms with Crippen LogP contribution in [0, 0.1) is 6.92 Å². The monoisotopic (exact) mass is 209 g/mol. The first-order valence-corrected chi connectivity index (χ1v) is 4.09. The summed E-state index contributed by atoms with van der Waals surface area (Å²) in [5, 5.41) is 16.2. The largest absolute Gasteiger partial charge is 0.476 e. The number of fused-ring (bicyclic) bond motifs is 1. The number of carbonyl (C=O) groups is 1. The molecule has 0 radical (unpaired) electrons. The maximum absolute atomic E-state index is 11.5. The normalized spacial score (nSPS) is 10.8. The summed E-state index contributed by atoms with van der Waals surface area (Å²) in [5.41, 5.74) is -0.722. The van der Waals surface area contributed by atoms with Gasteiger partial charge in [-0.25, -0.2) is 9.48 Å². The van der Waals surface area contributed by atoms with Gasteiger partial charge in [-0.2, -0.15) is 5.10 Å². The molecule has 0 spiro atoms. The van der Waals surface area contributed by atoms with Gasteiger partial charge >= 0.3 is 5.97 Å². The second-order valence-corrected chi connectivity index (χ2v) is 3.04. The Morgan fingerprint density at radius 3 is 2.80 bits per heavy atom. The minimum Gasteiger partial charge on any atom is -0.476 e. The van der Waals surface area contributed by atoms with Crippen molar-refractivity contribution < 1.29 is 14.4 Å². The minimum atomic E-state index is -1.22. The summed E-state index contributed by atoms with van der Waals surface area (Å²) in [4.78, 5) is 22.4. The highest BCUT2D eigenvalue weighted by Gasteiger charge is 2.20. The molecule has 0 aromatic carbocycles. The van der Waals surface area contributed by atoms with E-state index in [0.717, 1.165) is 4.68 Å². The van der Waals surface area contributed by atoms with E-state index in [2.05, 4.69) is 10.3 Å². The lowest BCUT2D eigenvalue weighted by molar-refractivity contribution is 0.0690. The number of aryl methyl sites for hydroxylation is 2. The molecule has 2 heterocycles. The first-order valence-electron chi connectivity index (χ1n) is 4.09. The second kappa shape index (κ2) is 2.91. The molecule has 7 heteroatoms.